The van der Waals surface area contributed by atoms with Gasteiger partial charge in [-0.25, -0.2) is 0 Å². The Morgan fingerprint density at radius 3 is 2.22 bits per heavy atom. The number of nitrogens with one attached hydrogen (secondary N) is 1. The number of nitro groups is 1. The summed E-state index contributed by atoms with van der Waals surface area (Å²) < 4.78 is 0. The first-order valence-corrected chi connectivity index (χ1v) is 6.16. The van der Waals surface area contributed by atoms with E-state index >= 15 is 0 Å². The summed E-state index contributed by atoms with van der Waals surface area (Å²) in [6.07, 6.45) is 1.78. The first-order valence-electron chi connectivity index (χ1n) is 6.16. The number of rotatable bonds is 7. The smallest absolute Gasteiger partial charge is 0.269 e. The molecule has 5 heteroatoms. The SMILES string of the molecule is CCC(CC)(CO)CNc1ccc([N+](=O)[O-])cc1. The van der Waals surface area contributed by atoms with Crippen LogP contribution >= 0.6 is 0 Å². The molecule has 1 rings (SSSR count). The molecular weight excluding hydrogens is 232 g/mol. The van der Waals surface area contributed by atoms with Gasteiger partial charge < -0.3 is 10.4 Å². The van der Waals surface area contributed by atoms with Crippen molar-refractivity contribution in [2.75, 3.05) is 18.5 Å². The predicted molar refractivity (Wildman–Crippen MR) is 71.7 cm³/mol. The fraction of sp³-hybridized carbons (Fsp3) is 0.538. The molecule has 0 radical (unpaired) electrons. The third kappa shape index (κ3) is 3.43. The van der Waals surface area contributed by atoms with E-state index in [4.69, 9.17) is 0 Å². The maximum absolute atomic E-state index is 10.5. The summed E-state index contributed by atoms with van der Waals surface area (Å²) in [5.74, 6) is 0. The Morgan fingerprint density at radius 2 is 1.83 bits per heavy atom. The minimum atomic E-state index is -0.417. The van der Waals surface area contributed by atoms with Gasteiger partial charge in [0, 0.05) is 29.8 Å². The number of nitro benzene ring substituents is 1. The molecule has 18 heavy (non-hydrogen) atoms. The van der Waals surface area contributed by atoms with E-state index in [-0.39, 0.29) is 17.7 Å². The van der Waals surface area contributed by atoms with Gasteiger partial charge in [-0.3, -0.25) is 10.1 Å². The van der Waals surface area contributed by atoms with Crippen LogP contribution in [-0.4, -0.2) is 23.2 Å². The Morgan fingerprint density at radius 1 is 1.28 bits per heavy atom. The Kier molecular flexibility index (Phi) is 5.09. The van der Waals surface area contributed by atoms with Crippen molar-refractivity contribution in [3.05, 3.63) is 34.4 Å². The lowest BCUT2D eigenvalue weighted by atomic mass is 9.83. The number of hydrogen-bond donors (Lipinski definition) is 2. The molecule has 0 saturated heterocycles. The molecule has 0 unspecified atom stereocenters. The molecule has 0 saturated carbocycles. The molecule has 0 aromatic heterocycles. The van der Waals surface area contributed by atoms with E-state index in [1.807, 2.05) is 0 Å². The maximum atomic E-state index is 10.5. The molecule has 0 aliphatic rings. The molecule has 0 aliphatic carbocycles. The molecule has 0 atom stereocenters. The van der Waals surface area contributed by atoms with Crippen molar-refractivity contribution in [2.45, 2.75) is 26.7 Å². The van der Waals surface area contributed by atoms with Crippen LogP contribution in [0.4, 0.5) is 11.4 Å². The standard InChI is InChI=1S/C13H20N2O3/c1-3-13(4-2,10-16)9-14-11-5-7-12(8-6-11)15(17)18/h5-8,14,16H,3-4,9-10H2,1-2H3. The number of nitrogens with zero attached hydrogens (tertiary/aromatic N) is 1. The second-order valence-corrected chi connectivity index (χ2v) is 4.52. The predicted octanol–water partition coefficient (Wildman–Crippen LogP) is 2.81. The third-order valence-electron chi connectivity index (χ3n) is 3.58. The summed E-state index contributed by atoms with van der Waals surface area (Å²) in [6.45, 7) is 4.91. The van der Waals surface area contributed by atoms with E-state index in [1.54, 1.807) is 12.1 Å². The number of benzene rings is 1. The normalized spacial score (nSPS) is 11.3. The van der Waals surface area contributed by atoms with Crippen LogP contribution in [0.3, 0.4) is 0 Å². The van der Waals surface area contributed by atoms with Crippen LogP contribution < -0.4 is 5.32 Å². The average Bonchev–Trinajstić information content (AvgIpc) is 2.41. The summed E-state index contributed by atoms with van der Waals surface area (Å²) in [5.41, 5.74) is 0.794. The van der Waals surface area contributed by atoms with Crippen molar-refractivity contribution >= 4 is 11.4 Å². The number of non-ortho nitro benzene ring substituents is 1. The number of anilines is 1. The van der Waals surface area contributed by atoms with Crippen LogP contribution in [0.2, 0.25) is 0 Å². The second-order valence-electron chi connectivity index (χ2n) is 4.52. The maximum Gasteiger partial charge on any atom is 0.269 e. The molecule has 0 bridgehead atoms. The highest BCUT2D eigenvalue weighted by Gasteiger charge is 2.24. The van der Waals surface area contributed by atoms with Gasteiger partial charge in [0.25, 0.3) is 5.69 Å². The lowest BCUT2D eigenvalue weighted by Crippen LogP contribution is -2.32. The van der Waals surface area contributed by atoms with Gasteiger partial charge in [0.15, 0.2) is 0 Å². The van der Waals surface area contributed by atoms with Crippen molar-refractivity contribution in [1.82, 2.24) is 0 Å². The molecule has 1 aromatic carbocycles. The van der Waals surface area contributed by atoms with Crippen molar-refractivity contribution in [2.24, 2.45) is 5.41 Å². The van der Waals surface area contributed by atoms with Gasteiger partial charge in [-0.2, -0.15) is 0 Å². The lowest BCUT2D eigenvalue weighted by Gasteiger charge is -2.30. The second kappa shape index (κ2) is 6.35. The van der Waals surface area contributed by atoms with Crippen LogP contribution in [0.5, 0.6) is 0 Å². The summed E-state index contributed by atoms with van der Waals surface area (Å²) in [4.78, 5) is 10.1. The first-order chi connectivity index (χ1) is 8.56. The van der Waals surface area contributed by atoms with Gasteiger partial charge in [-0.1, -0.05) is 13.8 Å². The van der Waals surface area contributed by atoms with Gasteiger partial charge in [0.2, 0.25) is 0 Å². The van der Waals surface area contributed by atoms with Gasteiger partial charge in [-0.05, 0) is 25.0 Å². The molecule has 1 aromatic rings. The van der Waals surface area contributed by atoms with Crippen molar-refractivity contribution in [1.29, 1.82) is 0 Å². The highest BCUT2D eigenvalue weighted by atomic mass is 16.6. The minimum Gasteiger partial charge on any atom is -0.396 e. The van der Waals surface area contributed by atoms with E-state index in [9.17, 15) is 15.2 Å². The molecule has 100 valence electrons. The molecule has 0 heterocycles. The quantitative estimate of drug-likeness (QED) is 0.578. The molecule has 0 spiro atoms. The minimum absolute atomic E-state index is 0.0833. The molecule has 2 N–H and O–H groups in total. The van der Waals surface area contributed by atoms with Gasteiger partial charge in [0.1, 0.15) is 0 Å². The number of hydrogen-bond acceptors (Lipinski definition) is 4. The Hall–Kier alpha value is -1.62. The first kappa shape index (κ1) is 14.4. The van der Waals surface area contributed by atoms with E-state index in [2.05, 4.69) is 19.2 Å². The van der Waals surface area contributed by atoms with Gasteiger partial charge in [-0.15, -0.1) is 0 Å². The van der Waals surface area contributed by atoms with E-state index in [0.717, 1.165) is 18.5 Å². The van der Waals surface area contributed by atoms with Crippen molar-refractivity contribution in [3.63, 3.8) is 0 Å². The topological polar surface area (TPSA) is 75.4 Å². The van der Waals surface area contributed by atoms with Crippen LogP contribution in [0.25, 0.3) is 0 Å². The van der Waals surface area contributed by atoms with E-state index < -0.39 is 4.92 Å². The fourth-order valence-electron chi connectivity index (χ4n) is 1.77. The van der Waals surface area contributed by atoms with Crippen LogP contribution in [0.1, 0.15) is 26.7 Å². The molecule has 5 nitrogen and oxygen atoms in total. The zero-order chi connectivity index (χ0) is 13.6. The summed E-state index contributed by atoms with van der Waals surface area (Å²) >= 11 is 0. The monoisotopic (exact) mass is 252 g/mol. The van der Waals surface area contributed by atoms with E-state index in [0.29, 0.717) is 6.54 Å². The molecular formula is C13H20N2O3. The molecule has 0 amide bonds. The lowest BCUT2D eigenvalue weighted by molar-refractivity contribution is -0.384. The van der Waals surface area contributed by atoms with Crippen LogP contribution in [0.15, 0.2) is 24.3 Å². The average molecular weight is 252 g/mol. The summed E-state index contributed by atoms with van der Waals surface area (Å²) in [7, 11) is 0. The highest BCUT2D eigenvalue weighted by molar-refractivity contribution is 5.48. The van der Waals surface area contributed by atoms with Crippen molar-refractivity contribution in [3.8, 4) is 0 Å². The number of aliphatic hydroxyl groups excluding tert-OH is 1. The summed E-state index contributed by atoms with van der Waals surface area (Å²) in [6, 6.07) is 6.32. The van der Waals surface area contributed by atoms with Gasteiger partial charge >= 0.3 is 0 Å². The largest absolute Gasteiger partial charge is 0.396 e. The Balaban J connectivity index is 2.65. The van der Waals surface area contributed by atoms with Crippen LogP contribution in [-0.2, 0) is 0 Å². The van der Waals surface area contributed by atoms with E-state index in [1.165, 1.54) is 12.1 Å². The number of aliphatic hydroxyl groups is 1. The molecule has 0 aliphatic heterocycles. The zero-order valence-corrected chi connectivity index (χ0v) is 10.8. The fourth-order valence-corrected chi connectivity index (χ4v) is 1.77. The Labute approximate surface area is 107 Å². The molecule has 0 fully saturated rings. The van der Waals surface area contributed by atoms with Crippen LogP contribution in [0, 0.1) is 15.5 Å². The highest BCUT2D eigenvalue weighted by Crippen LogP contribution is 2.26. The Bertz CT molecular complexity index is 377. The van der Waals surface area contributed by atoms with Gasteiger partial charge in [0.05, 0.1) is 11.5 Å². The summed E-state index contributed by atoms with van der Waals surface area (Å²) in [5, 5.41) is 23.2. The third-order valence-corrected chi connectivity index (χ3v) is 3.58. The van der Waals surface area contributed by atoms with Crippen molar-refractivity contribution < 1.29 is 10.0 Å². The zero-order valence-electron chi connectivity index (χ0n) is 10.8.